The molecule has 7 heteroatoms. The van der Waals surface area contributed by atoms with Gasteiger partial charge in [0.15, 0.2) is 5.82 Å². The van der Waals surface area contributed by atoms with Crippen LogP contribution in [0.15, 0.2) is 72.8 Å². The molecule has 0 amide bonds. The van der Waals surface area contributed by atoms with Gasteiger partial charge in [-0.1, -0.05) is 48.0 Å². The van der Waals surface area contributed by atoms with Crippen molar-refractivity contribution in [2.24, 2.45) is 0 Å². The number of aryl methyl sites for hydroxylation is 1. The quantitative estimate of drug-likeness (QED) is 0.296. The molecule has 2 unspecified atom stereocenters. The molecule has 0 fully saturated rings. The van der Waals surface area contributed by atoms with Crippen LogP contribution in [0.3, 0.4) is 0 Å². The second-order valence-electron chi connectivity index (χ2n) is 7.96. The van der Waals surface area contributed by atoms with Crippen LogP contribution in [0.2, 0.25) is 0 Å². The van der Waals surface area contributed by atoms with Crippen LogP contribution in [0.1, 0.15) is 25.8 Å². The number of aromatic nitrogens is 3. The summed E-state index contributed by atoms with van der Waals surface area (Å²) in [5.74, 6) is 2.31. The normalized spacial score (nSPS) is 12.1. The van der Waals surface area contributed by atoms with E-state index in [0.29, 0.717) is 6.42 Å². The Hall–Kier alpha value is -2.83. The number of aliphatic hydroxyl groups excluding tert-OH is 2. The van der Waals surface area contributed by atoms with Crippen molar-refractivity contribution in [2.75, 3.05) is 7.11 Å². The van der Waals surface area contributed by atoms with Gasteiger partial charge in [0.25, 0.3) is 0 Å². The average molecular weight is 637 g/mol. The summed E-state index contributed by atoms with van der Waals surface area (Å²) in [6, 6.07) is 27.3. The van der Waals surface area contributed by atoms with Crippen molar-refractivity contribution < 1.29 is 35.1 Å². The average Bonchev–Trinajstić information content (AvgIpc) is 3.25. The van der Waals surface area contributed by atoms with Crippen molar-refractivity contribution in [1.29, 1.82) is 0 Å². The zero-order valence-electron chi connectivity index (χ0n) is 19.8. The van der Waals surface area contributed by atoms with Crippen molar-refractivity contribution in [3.05, 3.63) is 84.4 Å². The summed E-state index contributed by atoms with van der Waals surface area (Å²) < 4.78 is 7.29. The van der Waals surface area contributed by atoms with Gasteiger partial charge in [-0.05, 0) is 39.3 Å². The predicted molar refractivity (Wildman–Crippen MR) is 130 cm³/mol. The largest absolute Gasteiger partial charge is 0.540 e. The minimum atomic E-state index is -0.375. The molecule has 0 saturated carbocycles. The van der Waals surface area contributed by atoms with E-state index in [1.807, 2.05) is 48.5 Å². The van der Waals surface area contributed by atoms with E-state index in [9.17, 15) is 0 Å². The molecule has 0 spiro atoms. The monoisotopic (exact) mass is 637 g/mol. The maximum atomic E-state index is 8.56. The first kappa shape index (κ1) is 27.4. The molecule has 34 heavy (non-hydrogen) atoms. The van der Waals surface area contributed by atoms with Crippen molar-refractivity contribution in [3.63, 3.8) is 0 Å². The number of nitrogens with zero attached hydrogens (tertiary/aromatic N) is 3. The minimum absolute atomic E-state index is 0. The second-order valence-corrected chi connectivity index (χ2v) is 7.96. The van der Waals surface area contributed by atoms with Crippen molar-refractivity contribution in [2.45, 2.75) is 39.4 Å². The van der Waals surface area contributed by atoms with Crippen molar-refractivity contribution in [3.8, 4) is 34.2 Å². The van der Waals surface area contributed by atoms with Crippen LogP contribution in [0.25, 0.3) is 28.5 Å². The molecule has 1 heterocycles. The Kier molecular flexibility index (Phi) is 10.6. The molecular weight excluding hydrogens is 607 g/mol. The third-order valence-corrected chi connectivity index (χ3v) is 4.93. The van der Waals surface area contributed by atoms with Crippen molar-refractivity contribution >= 4 is 0 Å². The SMILES string of the molecule is CC(O)CC(C)O.COc1c[c-]c(-c2nnc(-c3ccc(C)cc3)n2-c2ccccc2)cc1.[Ir]. The molecule has 6 nitrogen and oxygen atoms in total. The van der Waals surface area contributed by atoms with Gasteiger partial charge < -0.3 is 19.5 Å². The van der Waals surface area contributed by atoms with Crippen LogP contribution < -0.4 is 4.74 Å². The van der Waals surface area contributed by atoms with Crippen LogP contribution in [0, 0.1) is 13.0 Å². The van der Waals surface area contributed by atoms with E-state index in [4.69, 9.17) is 14.9 Å². The van der Waals surface area contributed by atoms with Gasteiger partial charge >= 0.3 is 0 Å². The maximum Gasteiger partial charge on any atom is 0.159 e. The number of hydrogen-bond donors (Lipinski definition) is 2. The maximum absolute atomic E-state index is 8.56. The van der Waals surface area contributed by atoms with Crippen LogP contribution in [-0.4, -0.2) is 44.3 Å². The molecule has 0 aliphatic carbocycles. The first-order valence-electron chi connectivity index (χ1n) is 10.9. The van der Waals surface area contributed by atoms with Gasteiger partial charge in [0.05, 0.1) is 25.1 Å². The third-order valence-electron chi connectivity index (χ3n) is 4.93. The molecule has 4 rings (SSSR count). The summed E-state index contributed by atoms with van der Waals surface area (Å²) >= 11 is 0. The molecule has 0 aliphatic heterocycles. The van der Waals surface area contributed by atoms with Gasteiger partial charge in [0.1, 0.15) is 0 Å². The number of ether oxygens (including phenoxy) is 1. The molecular formula is C27H30IrN3O3-. The number of hydrogen-bond acceptors (Lipinski definition) is 5. The van der Waals surface area contributed by atoms with E-state index >= 15 is 0 Å². The Morgan fingerprint density at radius 3 is 2.00 bits per heavy atom. The van der Waals surface area contributed by atoms with E-state index in [1.54, 1.807) is 21.0 Å². The number of rotatable bonds is 6. The Labute approximate surface area is 214 Å². The summed E-state index contributed by atoms with van der Waals surface area (Å²) in [5.41, 5.74) is 4.10. The number of benzene rings is 3. The first-order valence-corrected chi connectivity index (χ1v) is 10.9. The fourth-order valence-corrected chi connectivity index (χ4v) is 3.34. The van der Waals surface area contributed by atoms with Crippen LogP contribution in [0.5, 0.6) is 5.75 Å². The standard InChI is InChI=1S/C22H18N3O.C5H12O2.Ir/c1-16-8-10-17(11-9-16)21-23-24-22(18-12-14-20(26-2)15-13-18)25(21)19-6-4-3-5-7-19;1-4(6)3-5(2)7;/h3-12,14-15H,1-2H3;4-7H,3H2,1-2H3;/q-1;;. The molecule has 2 atom stereocenters. The Morgan fingerprint density at radius 2 is 1.50 bits per heavy atom. The summed E-state index contributed by atoms with van der Waals surface area (Å²) in [7, 11) is 1.64. The van der Waals surface area contributed by atoms with Crippen molar-refractivity contribution in [1.82, 2.24) is 14.8 Å². The Balaban J connectivity index is 0.000000449. The minimum Gasteiger partial charge on any atom is -0.540 e. The number of methoxy groups -OCH3 is 1. The molecule has 1 aromatic heterocycles. The van der Waals surface area contributed by atoms with E-state index < -0.39 is 0 Å². The molecule has 181 valence electrons. The van der Waals surface area contributed by atoms with Gasteiger partial charge in [-0.2, -0.15) is 5.10 Å². The van der Waals surface area contributed by atoms with E-state index in [2.05, 4.69) is 52.0 Å². The third kappa shape index (κ3) is 7.34. The summed E-state index contributed by atoms with van der Waals surface area (Å²) in [6.07, 6.45) is -0.278. The van der Waals surface area contributed by atoms with E-state index in [0.717, 1.165) is 34.2 Å². The zero-order valence-corrected chi connectivity index (χ0v) is 22.2. The molecule has 0 aliphatic rings. The number of para-hydroxylation sites is 1. The van der Waals surface area contributed by atoms with Gasteiger partial charge in [-0.3, -0.25) is 0 Å². The molecule has 0 saturated heterocycles. The molecule has 2 N–H and O–H groups in total. The fraction of sp³-hybridized carbons (Fsp3) is 0.259. The number of aliphatic hydroxyl groups is 2. The summed E-state index contributed by atoms with van der Waals surface area (Å²) in [4.78, 5) is 0. The van der Waals surface area contributed by atoms with E-state index in [1.165, 1.54) is 5.56 Å². The molecule has 0 bridgehead atoms. The molecule has 1 radical (unpaired) electrons. The predicted octanol–water partition coefficient (Wildman–Crippen LogP) is 4.85. The van der Waals surface area contributed by atoms with Crippen LogP contribution in [-0.2, 0) is 20.1 Å². The molecule has 3 aromatic carbocycles. The topological polar surface area (TPSA) is 80.4 Å². The summed E-state index contributed by atoms with van der Waals surface area (Å²) in [5, 5.41) is 26.1. The smallest absolute Gasteiger partial charge is 0.159 e. The van der Waals surface area contributed by atoms with Crippen LogP contribution >= 0.6 is 0 Å². The van der Waals surface area contributed by atoms with Gasteiger partial charge in [0.2, 0.25) is 0 Å². The summed E-state index contributed by atoms with van der Waals surface area (Å²) in [6.45, 7) is 5.39. The van der Waals surface area contributed by atoms with Gasteiger partial charge in [-0.15, -0.1) is 34.9 Å². The van der Waals surface area contributed by atoms with Gasteiger partial charge in [0, 0.05) is 37.1 Å². The Morgan fingerprint density at radius 1 is 0.882 bits per heavy atom. The molecule has 4 aromatic rings. The zero-order chi connectivity index (χ0) is 23.8. The fourth-order valence-electron chi connectivity index (χ4n) is 3.34. The Bertz CT molecular complexity index is 1120. The van der Waals surface area contributed by atoms with Crippen LogP contribution in [0.4, 0.5) is 0 Å². The first-order chi connectivity index (χ1) is 15.9. The van der Waals surface area contributed by atoms with E-state index in [-0.39, 0.29) is 32.3 Å². The van der Waals surface area contributed by atoms with Gasteiger partial charge in [-0.25, -0.2) is 0 Å². The second kappa shape index (κ2) is 13.2.